The van der Waals surface area contributed by atoms with E-state index in [-0.39, 0.29) is 12.5 Å². The number of hydrogen-bond acceptors (Lipinski definition) is 5. The second kappa shape index (κ2) is 9.93. The average molecular weight is 358 g/mol. The molecule has 2 rings (SSSR count). The number of hydrogen-bond donors (Lipinski definition) is 2. The van der Waals surface area contributed by atoms with Crippen molar-refractivity contribution in [2.45, 2.75) is 6.92 Å². The molecule has 2 aromatic carbocycles. The van der Waals surface area contributed by atoms with E-state index in [2.05, 4.69) is 5.32 Å². The lowest BCUT2D eigenvalue weighted by atomic mass is 10.2. The molecule has 7 nitrogen and oxygen atoms in total. The Bertz CT molecular complexity index is 731. The predicted octanol–water partition coefficient (Wildman–Crippen LogP) is 1.76. The minimum atomic E-state index is -0.550. The van der Waals surface area contributed by atoms with Crippen LogP contribution in [0, 0.1) is 0 Å². The van der Waals surface area contributed by atoms with E-state index in [0.29, 0.717) is 36.8 Å². The molecule has 138 valence electrons. The Kier molecular flexibility index (Phi) is 7.30. The highest BCUT2D eigenvalue weighted by Gasteiger charge is 2.05. The van der Waals surface area contributed by atoms with Crippen LogP contribution < -0.4 is 25.3 Å². The van der Waals surface area contributed by atoms with Crippen molar-refractivity contribution in [3.8, 4) is 17.2 Å². The lowest BCUT2D eigenvalue weighted by Gasteiger charge is -2.10. The Hall–Kier alpha value is -3.22. The zero-order chi connectivity index (χ0) is 18.8. The molecule has 7 heteroatoms. The quantitative estimate of drug-likeness (QED) is 0.631. The normalized spacial score (nSPS) is 10.0. The SMILES string of the molecule is CCOc1ccc(OCCNC(=O)COc2cccc(C(N)=O)c2)cc1. The molecule has 0 saturated heterocycles. The number of ether oxygens (including phenoxy) is 3. The molecule has 0 fully saturated rings. The summed E-state index contributed by atoms with van der Waals surface area (Å²) in [7, 11) is 0. The maximum atomic E-state index is 11.8. The molecule has 2 amide bonds. The summed E-state index contributed by atoms with van der Waals surface area (Å²) in [6.07, 6.45) is 0. The van der Waals surface area contributed by atoms with Crippen LogP contribution >= 0.6 is 0 Å². The van der Waals surface area contributed by atoms with Crippen molar-refractivity contribution in [2.75, 3.05) is 26.4 Å². The summed E-state index contributed by atoms with van der Waals surface area (Å²) in [6.45, 7) is 3.05. The summed E-state index contributed by atoms with van der Waals surface area (Å²) >= 11 is 0. The number of amides is 2. The fourth-order valence-electron chi connectivity index (χ4n) is 2.10. The first-order valence-electron chi connectivity index (χ1n) is 8.23. The van der Waals surface area contributed by atoms with Crippen molar-refractivity contribution in [2.24, 2.45) is 5.73 Å². The fraction of sp³-hybridized carbons (Fsp3) is 0.263. The molecule has 0 atom stereocenters. The first kappa shape index (κ1) is 19.1. The average Bonchev–Trinajstić information content (AvgIpc) is 2.65. The first-order chi connectivity index (χ1) is 12.6. The van der Waals surface area contributed by atoms with Gasteiger partial charge in [0.15, 0.2) is 6.61 Å². The number of nitrogens with two attached hydrogens (primary N) is 1. The number of nitrogens with one attached hydrogen (secondary N) is 1. The smallest absolute Gasteiger partial charge is 0.258 e. The lowest BCUT2D eigenvalue weighted by Crippen LogP contribution is -2.32. The van der Waals surface area contributed by atoms with Gasteiger partial charge in [0.1, 0.15) is 23.9 Å². The van der Waals surface area contributed by atoms with Gasteiger partial charge in [0.05, 0.1) is 13.2 Å². The minimum Gasteiger partial charge on any atom is -0.494 e. The predicted molar refractivity (Wildman–Crippen MR) is 96.6 cm³/mol. The Morgan fingerprint density at radius 3 is 2.31 bits per heavy atom. The van der Waals surface area contributed by atoms with Crippen molar-refractivity contribution in [1.29, 1.82) is 0 Å². The van der Waals surface area contributed by atoms with E-state index < -0.39 is 5.91 Å². The summed E-state index contributed by atoms with van der Waals surface area (Å²) in [6, 6.07) is 13.6. The van der Waals surface area contributed by atoms with Crippen LogP contribution in [0.4, 0.5) is 0 Å². The number of rotatable bonds is 10. The minimum absolute atomic E-state index is 0.161. The van der Waals surface area contributed by atoms with E-state index in [1.54, 1.807) is 18.2 Å². The maximum absolute atomic E-state index is 11.8. The van der Waals surface area contributed by atoms with E-state index in [4.69, 9.17) is 19.9 Å². The summed E-state index contributed by atoms with van der Waals surface area (Å²) in [5.74, 6) is 1.05. The molecule has 2 aromatic rings. The van der Waals surface area contributed by atoms with Crippen LogP contribution in [0.1, 0.15) is 17.3 Å². The Balaban J connectivity index is 1.66. The molecule has 0 bridgehead atoms. The van der Waals surface area contributed by atoms with E-state index >= 15 is 0 Å². The van der Waals surface area contributed by atoms with E-state index in [1.165, 1.54) is 6.07 Å². The number of primary amides is 1. The molecule has 0 spiro atoms. The molecular weight excluding hydrogens is 336 g/mol. The van der Waals surface area contributed by atoms with Gasteiger partial charge in [-0.15, -0.1) is 0 Å². The van der Waals surface area contributed by atoms with Crippen molar-refractivity contribution in [3.63, 3.8) is 0 Å². The largest absolute Gasteiger partial charge is 0.494 e. The molecule has 0 aliphatic heterocycles. The standard InChI is InChI=1S/C19H22N2O5/c1-2-24-15-6-8-16(9-7-15)25-11-10-21-18(22)13-26-17-5-3-4-14(12-17)19(20)23/h3-9,12H,2,10-11,13H2,1H3,(H2,20,23)(H,21,22). The Labute approximate surface area is 152 Å². The van der Waals surface area contributed by atoms with Crippen LogP contribution in [0.3, 0.4) is 0 Å². The number of benzene rings is 2. The zero-order valence-corrected chi connectivity index (χ0v) is 14.6. The van der Waals surface area contributed by atoms with Gasteiger partial charge in [-0.3, -0.25) is 9.59 Å². The highest BCUT2D eigenvalue weighted by Crippen LogP contribution is 2.17. The van der Waals surface area contributed by atoms with Crippen LogP contribution in [-0.4, -0.2) is 38.2 Å². The molecule has 0 saturated carbocycles. The molecule has 3 N–H and O–H groups in total. The van der Waals surface area contributed by atoms with Crippen molar-refractivity contribution < 1.29 is 23.8 Å². The summed E-state index contributed by atoms with van der Waals surface area (Å²) in [4.78, 5) is 22.9. The van der Waals surface area contributed by atoms with Gasteiger partial charge in [-0.05, 0) is 49.4 Å². The third-order valence-corrected chi connectivity index (χ3v) is 3.32. The van der Waals surface area contributed by atoms with Gasteiger partial charge in [0.25, 0.3) is 5.91 Å². The molecule has 0 aliphatic carbocycles. The topological polar surface area (TPSA) is 99.9 Å². The van der Waals surface area contributed by atoms with E-state index in [0.717, 1.165) is 5.75 Å². The maximum Gasteiger partial charge on any atom is 0.258 e. The van der Waals surface area contributed by atoms with Gasteiger partial charge >= 0.3 is 0 Å². The number of carbonyl (C=O) groups excluding carboxylic acids is 2. The molecule has 26 heavy (non-hydrogen) atoms. The fourth-order valence-corrected chi connectivity index (χ4v) is 2.10. The van der Waals surface area contributed by atoms with E-state index in [9.17, 15) is 9.59 Å². The van der Waals surface area contributed by atoms with Gasteiger partial charge in [0.2, 0.25) is 5.91 Å². The molecule has 0 unspecified atom stereocenters. The Morgan fingerprint density at radius 2 is 1.65 bits per heavy atom. The molecule has 0 aliphatic rings. The monoisotopic (exact) mass is 358 g/mol. The van der Waals surface area contributed by atoms with Crippen molar-refractivity contribution >= 4 is 11.8 Å². The summed E-state index contributed by atoms with van der Waals surface area (Å²) in [5.41, 5.74) is 5.52. The first-order valence-corrected chi connectivity index (χ1v) is 8.23. The third kappa shape index (κ3) is 6.35. The number of carbonyl (C=O) groups is 2. The lowest BCUT2D eigenvalue weighted by molar-refractivity contribution is -0.123. The molecule has 0 radical (unpaired) electrons. The summed E-state index contributed by atoms with van der Waals surface area (Å²) in [5, 5.41) is 2.69. The van der Waals surface area contributed by atoms with Crippen molar-refractivity contribution in [3.05, 3.63) is 54.1 Å². The van der Waals surface area contributed by atoms with Gasteiger partial charge in [-0.1, -0.05) is 6.07 Å². The van der Waals surface area contributed by atoms with Gasteiger partial charge < -0.3 is 25.3 Å². The van der Waals surface area contributed by atoms with Crippen LogP contribution in [0.5, 0.6) is 17.2 Å². The van der Waals surface area contributed by atoms with Crippen LogP contribution in [0.15, 0.2) is 48.5 Å². The highest BCUT2D eigenvalue weighted by molar-refractivity contribution is 5.93. The van der Waals surface area contributed by atoms with Crippen LogP contribution in [0.25, 0.3) is 0 Å². The highest BCUT2D eigenvalue weighted by atomic mass is 16.5. The van der Waals surface area contributed by atoms with E-state index in [1.807, 2.05) is 31.2 Å². The zero-order valence-electron chi connectivity index (χ0n) is 14.6. The molecular formula is C19H22N2O5. The van der Waals surface area contributed by atoms with Crippen LogP contribution in [0.2, 0.25) is 0 Å². The summed E-state index contributed by atoms with van der Waals surface area (Å²) < 4.78 is 16.2. The van der Waals surface area contributed by atoms with Crippen LogP contribution in [-0.2, 0) is 4.79 Å². The second-order valence-electron chi connectivity index (χ2n) is 5.28. The second-order valence-corrected chi connectivity index (χ2v) is 5.28. The van der Waals surface area contributed by atoms with Gasteiger partial charge in [-0.25, -0.2) is 0 Å². The van der Waals surface area contributed by atoms with Crippen molar-refractivity contribution in [1.82, 2.24) is 5.32 Å². The van der Waals surface area contributed by atoms with Gasteiger partial charge in [0, 0.05) is 5.56 Å². The third-order valence-electron chi connectivity index (χ3n) is 3.32. The van der Waals surface area contributed by atoms with Gasteiger partial charge in [-0.2, -0.15) is 0 Å². The Morgan fingerprint density at radius 1 is 0.962 bits per heavy atom. The molecule has 0 heterocycles. The molecule has 0 aromatic heterocycles.